The molecule has 0 aliphatic carbocycles. The Kier molecular flexibility index (Phi) is 9.56. The van der Waals surface area contributed by atoms with Crippen LogP contribution in [0.3, 0.4) is 0 Å². The summed E-state index contributed by atoms with van der Waals surface area (Å²) in [6.07, 6.45) is 8.19. The monoisotopic (exact) mass is 251 g/mol. The highest BCUT2D eigenvalue weighted by molar-refractivity contribution is 5.24. The molecule has 1 atom stereocenters. The van der Waals surface area contributed by atoms with Crippen molar-refractivity contribution in [1.82, 2.24) is 10.4 Å². The maximum Gasteiger partial charge on any atom is 0.0678 e. The van der Waals surface area contributed by atoms with Crippen molar-refractivity contribution in [2.45, 2.75) is 46.7 Å². The molecule has 0 aliphatic rings. The van der Waals surface area contributed by atoms with Gasteiger partial charge in [-0.1, -0.05) is 49.8 Å². The van der Waals surface area contributed by atoms with Gasteiger partial charge in [0.2, 0.25) is 0 Å². The third-order valence-electron chi connectivity index (χ3n) is 2.91. The number of hydrazine groups is 1. The number of nitrogens with two attached hydrogens (primary N) is 1. The second-order valence-corrected chi connectivity index (χ2v) is 4.50. The second kappa shape index (κ2) is 10.1. The lowest BCUT2D eigenvalue weighted by Gasteiger charge is -2.25. The molecule has 0 aromatic carbocycles. The molecule has 0 aromatic heterocycles. The smallest absolute Gasteiger partial charge is 0.0678 e. The largest absolute Gasteiger partial charge is 0.315 e. The first kappa shape index (κ1) is 17.1. The minimum atomic E-state index is 0.0408. The molecule has 0 saturated heterocycles. The summed E-state index contributed by atoms with van der Waals surface area (Å²) in [4.78, 5) is 0. The van der Waals surface area contributed by atoms with Gasteiger partial charge in [-0.05, 0) is 26.7 Å². The van der Waals surface area contributed by atoms with Crippen molar-refractivity contribution in [2.75, 3.05) is 13.1 Å². The maximum atomic E-state index is 5.88. The lowest BCUT2D eigenvalue weighted by molar-refractivity contribution is 0.167. The van der Waals surface area contributed by atoms with Crippen molar-refractivity contribution in [3.05, 3.63) is 36.0 Å². The van der Waals surface area contributed by atoms with Gasteiger partial charge in [-0.15, -0.1) is 0 Å². The van der Waals surface area contributed by atoms with E-state index in [4.69, 9.17) is 5.73 Å². The molecule has 104 valence electrons. The lowest BCUT2D eigenvalue weighted by Crippen LogP contribution is -2.49. The third-order valence-corrected chi connectivity index (χ3v) is 2.91. The van der Waals surface area contributed by atoms with E-state index < -0.39 is 0 Å². The summed E-state index contributed by atoms with van der Waals surface area (Å²) in [5.41, 5.74) is 11.6. The first-order chi connectivity index (χ1) is 8.53. The average molecular weight is 251 g/mol. The zero-order valence-corrected chi connectivity index (χ0v) is 12.4. The summed E-state index contributed by atoms with van der Waals surface area (Å²) < 4.78 is 0. The van der Waals surface area contributed by atoms with Crippen LogP contribution in [-0.4, -0.2) is 24.3 Å². The van der Waals surface area contributed by atoms with E-state index in [1.165, 1.54) is 5.57 Å². The summed E-state index contributed by atoms with van der Waals surface area (Å²) in [6, 6.07) is 0. The van der Waals surface area contributed by atoms with E-state index in [0.717, 1.165) is 31.5 Å². The molecule has 0 fully saturated rings. The highest BCUT2D eigenvalue weighted by atomic mass is 15.5. The Bertz CT molecular complexity index is 292. The van der Waals surface area contributed by atoms with Gasteiger partial charge in [0.15, 0.2) is 0 Å². The van der Waals surface area contributed by atoms with E-state index in [9.17, 15) is 0 Å². The third kappa shape index (κ3) is 8.23. The van der Waals surface area contributed by atoms with E-state index in [1.54, 1.807) is 0 Å². The van der Waals surface area contributed by atoms with Crippen molar-refractivity contribution in [1.29, 1.82) is 0 Å². The number of nitrogens with zero attached hydrogens (tertiary/aromatic N) is 1. The highest BCUT2D eigenvalue weighted by Gasteiger charge is 2.05. The van der Waals surface area contributed by atoms with Crippen LogP contribution in [0.5, 0.6) is 0 Å². The van der Waals surface area contributed by atoms with Crippen molar-refractivity contribution in [2.24, 2.45) is 5.73 Å². The van der Waals surface area contributed by atoms with Gasteiger partial charge in [0.25, 0.3) is 0 Å². The first-order valence-corrected chi connectivity index (χ1v) is 6.78. The van der Waals surface area contributed by atoms with Gasteiger partial charge >= 0.3 is 0 Å². The quantitative estimate of drug-likeness (QED) is 0.376. The number of rotatable bonds is 9. The van der Waals surface area contributed by atoms with Crippen LogP contribution in [0.1, 0.15) is 40.5 Å². The van der Waals surface area contributed by atoms with E-state index in [0.29, 0.717) is 0 Å². The van der Waals surface area contributed by atoms with Crippen molar-refractivity contribution in [3.8, 4) is 0 Å². The highest BCUT2D eigenvalue weighted by Crippen LogP contribution is 2.04. The van der Waals surface area contributed by atoms with Crippen molar-refractivity contribution >= 4 is 0 Å². The summed E-state index contributed by atoms with van der Waals surface area (Å²) in [7, 11) is 0. The standard InChI is InChI=1S/C15H29N3/c1-6-13(4)9-10-14(5)11-12-18(8-3)17-15(16)7-2/h6,9-10,15,17H,5,7-8,11-12,16H2,1-4H3/b10-9-,13-6-. The predicted molar refractivity (Wildman–Crippen MR) is 81.0 cm³/mol. The van der Waals surface area contributed by atoms with Gasteiger partial charge < -0.3 is 5.73 Å². The zero-order chi connectivity index (χ0) is 14.0. The van der Waals surface area contributed by atoms with Crippen LogP contribution >= 0.6 is 0 Å². The molecule has 0 bridgehead atoms. The molecule has 3 N–H and O–H groups in total. The first-order valence-electron chi connectivity index (χ1n) is 6.78. The SMILES string of the molecule is C=C(/C=C\C(C)=C/C)CCN(CC)NC(N)CC. The molecule has 1 unspecified atom stereocenters. The molecule has 3 heteroatoms. The fourth-order valence-corrected chi connectivity index (χ4v) is 1.35. The minimum absolute atomic E-state index is 0.0408. The summed E-state index contributed by atoms with van der Waals surface area (Å²) in [5.74, 6) is 0. The van der Waals surface area contributed by atoms with Crippen molar-refractivity contribution < 1.29 is 0 Å². The van der Waals surface area contributed by atoms with Gasteiger partial charge in [-0.25, -0.2) is 10.4 Å². The van der Waals surface area contributed by atoms with Crippen LogP contribution in [0.25, 0.3) is 0 Å². The van der Waals surface area contributed by atoms with E-state index >= 15 is 0 Å². The Balaban J connectivity index is 4.05. The molecule has 0 aromatic rings. The number of allylic oxidation sites excluding steroid dienone is 4. The number of hydrogen-bond acceptors (Lipinski definition) is 3. The Morgan fingerprint density at radius 1 is 1.39 bits per heavy atom. The summed E-state index contributed by atoms with van der Waals surface area (Å²) in [6.45, 7) is 14.3. The maximum absolute atomic E-state index is 5.88. The Morgan fingerprint density at radius 3 is 2.56 bits per heavy atom. The van der Waals surface area contributed by atoms with Crippen LogP contribution in [0.2, 0.25) is 0 Å². The van der Waals surface area contributed by atoms with Gasteiger partial charge in [-0.2, -0.15) is 0 Å². The van der Waals surface area contributed by atoms with Crippen LogP contribution < -0.4 is 11.2 Å². The molecule has 0 amide bonds. The molecular formula is C15H29N3. The fraction of sp³-hybridized carbons (Fsp3) is 0.600. The summed E-state index contributed by atoms with van der Waals surface area (Å²) >= 11 is 0. The fourth-order valence-electron chi connectivity index (χ4n) is 1.35. The Hall–Kier alpha value is -0.900. The lowest BCUT2D eigenvalue weighted by atomic mass is 10.1. The van der Waals surface area contributed by atoms with Gasteiger partial charge in [0.1, 0.15) is 0 Å². The van der Waals surface area contributed by atoms with Crippen molar-refractivity contribution in [3.63, 3.8) is 0 Å². The number of nitrogens with one attached hydrogen (secondary N) is 1. The molecule has 0 heterocycles. The molecule has 18 heavy (non-hydrogen) atoms. The van der Waals surface area contributed by atoms with Gasteiger partial charge in [0, 0.05) is 13.1 Å². The molecular weight excluding hydrogens is 222 g/mol. The normalized spacial score (nSPS) is 14.4. The predicted octanol–water partition coefficient (Wildman–Crippen LogP) is 2.98. The molecule has 0 saturated carbocycles. The van der Waals surface area contributed by atoms with E-state index in [1.807, 2.05) is 6.92 Å². The van der Waals surface area contributed by atoms with E-state index in [2.05, 4.69) is 56.0 Å². The molecule has 0 radical (unpaired) electrons. The van der Waals surface area contributed by atoms with Crippen LogP contribution in [0.15, 0.2) is 36.0 Å². The van der Waals surface area contributed by atoms with Crippen LogP contribution in [-0.2, 0) is 0 Å². The van der Waals surface area contributed by atoms with Crippen LogP contribution in [0.4, 0.5) is 0 Å². The zero-order valence-electron chi connectivity index (χ0n) is 12.4. The Labute approximate surface area is 112 Å². The Morgan fingerprint density at radius 2 is 2.06 bits per heavy atom. The molecule has 0 rings (SSSR count). The minimum Gasteiger partial charge on any atom is -0.315 e. The summed E-state index contributed by atoms with van der Waals surface area (Å²) in [5, 5.41) is 2.15. The van der Waals surface area contributed by atoms with Crippen LogP contribution in [0, 0.1) is 0 Å². The van der Waals surface area contributed by atoms with Gasteiger partial charge in [-0.3, -0.25) is 0 Å². The topological polar surface area (TPSA) is 41.3 Å². The molecule has 3 nitrogen and oxygen atoms in total. The second-order valence-electron chi connectivity index (χ2n) is 4.50. The average Bonchev–Trinajstić information content (AvgIpc) is 2.39. The molecule has 0 spiro atoms. The number of hydrogen-bond donors (Lipinski definition) is 2. The van der Waals surface area contributed by atoms with Gasteiger partial charge in [0.05, 0.1) is 6.17 Å². The molecule has 0 aliphatic heterocycles. The van der Waals surface area contributed by atoms with E-state index in [-0.39, 0.29) is 6.17 Å².